The molecule has 0 unspecified atom stereocenters. The monoisotopic (exact) mass is 178 g/mol. The number of hydrogen-bond acceptors (Lipinski definition) is 2. The van der Waals surface area contributed by atoms with Gasteiger partial charge in [0, 0.05) is 0 Å². The largest absolute Gasteiger partial charge is 0.353 e. The average molecular weight is 178 g/mol. The fraction of sp³-hybridized carbons (Fsp3) is 0.273. The molecule has 2 heteroatoms. The molecule has 0 saturated carbocycles. The van der Waals surface area contributed by atoms with Crippen LogP contribution in [0.2, 0.25) is 0 Å². The van der Waals surface area contributed by atoms with Gasteiger partial charge in [0.2, 0.25) is 0 Å². The molecule has 0 amide bonds. The maximum atomic E-state index is 4.72. The molecular formula is C11H14O2. The predicted molar refractivity (Wildman–Crippen MR) is 53.3 cm³/mol. The lowest BCUT2D eigenvalue weighted by molar-refractivity contribution is 0.0692. The van der Waals surface area contributed by atoms with E-state index in [4.69, 9.17) is 9.47 Å². The normalized spacial score (nSPS) is 14.5. The Morgan fingerprint density at radius 1 is 1.08 bits per heavy atom. The Morgan fingerprint density at radius 2 is 1.69 bits per heavy atom. The van der Waals surface area contributed by atoms with Crippen LogP contribution in [0.5, 0.6) is 0 Å². The van der Waals surface area contributed by atoms with Gasteiger partial charge in [0.1, 0.15) is 6.79 Å². The summed E-state index contributed by atoms with van der Waals surface area (Å²) in [7, 11) is 0. The van der Waals surface area contributed by atoms with E-state index in [1.807, 2.05) is 36.4 Å². The van der Waals surface area contributed by atoms with Gasteiger partial charge in [0.15, 0.2) is 0 Å². The minimum atomic E-state index is 0.500. The Kier molecular flexibility index (Phi) is 4.91. The first-order valence-electron chi connectivity index (χ1n) is 4.26. The van der Waals surface area contributed by atoms with Crippen LogP contribution < -0.4 is 0 Å². The van der Waals surface area contributed by atoms with Crippen LogP contribution in [0.1, 0.15) is 5.56 Å². The maximum absolute atomic E-state index is 4.72. The highest BCUT2D eigenvalue weighted by Crippen LogP contribution is 1.97. The van der Waals surface area contributed by atoms with Crippen LogP contribution in [-0.4, -0.2) is 20.0 Å². The summed E-state index contributed by atoms with van der Waals surface area (Å²) in [4.78, 5) is 0. The molecule has 0 spiro atoms. The van der Waals surface area contributed by atoms with Crippen molar-refractivity contribution in [1.82, 2.24) is 0 Å². The quantitative estimate of drug-likeness (QED) is 0.657. The molecule has 1 aliphatic heterocycles. The van der Waals surface area contributed by atoms with E-state index in [0.717, 1.165) is 13.2 Å². The van der Waals surface area contributed by atoms with Gasteiger partial charge in [0.05, 0.1) is 13.2 Å². The fourth-order valence-electron chi connectivity index (χ4n) is 0.884. The molecule has 1 aromatic carbocycles. The summed E-state index contributed by atoms with van der Waals surface area (Å²) in [6.45, 7) is 5.69. The van der Waals surface area contributed by atoms with Gasteiger partial charge in [-0.3, -0.25) is 0 Å². The summed E-state index contributed by atoms with van der Waals surface area (Å²) in [5, 5.41) is 0. The van der Waals surface area contributed by atoms with Crippen LogP contribution in [0.3, 0.4) is 0 Å². The molecule has 1 aliphatic rings. The standard InChI is InChI=1S/C8H8.C3H6O2/c1-2-8-6-4-3-5-7-8;1-2-5-3-4-1/h2-7H,1H2;1-3H2. The summed E-state index contributed by atoms with van der Waals surface area (Å²) in [5.41, 5.74) is 1.17. The highest BCUT2D eigenvalue weighted by molar-refractivity contribution is 5.45. The van der Waals surface area contributed by atoms with Crippen LogP contribution in [0, 0.1) is 0 Å². The van der Waals surface area contributed by atoms with E-state index in [0.29, 0.717) is 6.79 Å². The van der Waals surface area contributed by atoms with E-state index >= 15 is 0 Å². The Bertz CT molecular complexity index is 219. The van der Waals surface area contributed by atoms with Crippen molar-refractivity contribution in [2.75, 3.05) is 20.0 Å². The molecule has 13 heavy (non-hydrogen) atoms. The molecule has 1 heterocycles. The SMILES string of the molecule is C1COCO1.C=Cc1ccccc1. The van der Waals surface area contributed by atoms with Crippen LogP contribution in [0.4, 0.5) is 0 Å². The summed E-state index contributed by atoms with van der Waals surface area (Å²) < 4.78 is 9.44. The van der Waals surface area contributed by atoms with Gasteiger partial charge < -0.3 is 9.47 Å². The van der Waals surface area contributed by atoms with Crippen molar-refractivity contribution >= 4 is 6.08 Å². The van der Waals surface area contributed by atoms with Gasteiger partial charge in [-0.05, 0) is 5.56 Å². The van der Waals surface area contributed by atoms with Crippen molar-refractivity contribution < 1.29 is 9.47 Å². The molecule has 0 aliphatic carbocycles. The minimum absolute atomic E-state index is 0.500. The van der Waals surface area contributed by atoms with Crippen molar-refractivity contribution in [3.63, 3.8) is 0 Å². The lowest BCUT2D eigenvalue weighted by Gasteiger charge is -1.85. The van der Waals surface area contributed by atoms with Crippen molar-refractivity contribution in [1.29, 1.82) is 0 Å². The molecule has 1 fully saturated rings. The lowest BCUT2D eigenvalue weighted by Crippen LogP contribution is -1.79. The summed E-state index contributed by atoms with van der Waals surface area (Å²) >= 11 is 0. The van der Waals surface area contributed by atoms with Gasteiger partial charge in [0.25, 0.3) is 0 Å². The number of hydrogen-bond donors (Lipinski definition) is 0. The number of benzene rings is 1. The zero-order valence-electron chi connectivity index (χ0n) is 7.61. The van der Waals surface area contributed by atoms with Gasteiger partial charge in [-0.1, -0.05) is 43.0 Å². The summed E-state index contributed by atoms with van der Waals surface area (Å²) in [6, 6.07) is 10.0. The Labute approximate surface area is 78.8 Å². The van der Waals surface area contributed by atoms with Crippen molar-refractivity contribution in [3.8, 4) is 0 Å². The Hall–Kier alpha value is -1.12. The Balaban J connectivity index is 0.000000145. The molecule has 1 saturated heterocycles. The maximum Gasteiger partial charge on any atom is 0.146 e. The second kappa shape index (κ2) is 6.40. The van der Waals surface area contributed by atoms with Crippen LogP contribution in [0.15, 0.2) is 36.9 Å². The minimum Gasteiger partial charge on any atom is -0.353 e. The van der Waals surface area contributed by atoms with Gasteiger partial charge in [-0.15, -0.1) is 0 Å². The van der Waals surface area contributed by atoms with E-state index in [1.54, 1.807) is 0 Å². The Morgan fingerprint density at radius 3 is 2.00 bits per heavy atom. The van der Waals surface area contributed by atoms with Crippen molar-refractivity contribution in [2.45, 2.75) is 0 Å². The average Bonchev–Trinajstić information content (AvgIpc) is 2.77. The zero-order valence-corrected chi connectivity index (χ0v) is 7.61. The highest BCUT2D eigenvalue weighted by Gasteiger charge is 1.93. The molecule has 2 rings (SSSR count). The third-order valence-electron chi connectivity index (χ3n) is 1.57. The molecule has 2 nitrogen and oxygen atoms in total. The highest BCUT2D eigenvalue weighted by atomic mass is 16.7. The van der Waals surface area contributed by atoms with E-state index in [-0.39, 0.29) is 0 Å². The molecule has 1 aromatic rings. The second-order valence-corrected chi connectivity index (χ2v) is 2.55. The summed E-state index contributed by atoms with van der Waals surface area (Å²) in [5.74, 6) is 0. The molecule has 70 valence electrons. The number of ether oxygens (including phenoxy) is 2. The third kappa shape index (κ3) is 4.45. The van der Waals surface area contributed by atoms with Crippen molar-refractivity contribution in [2.24, 2.45) is 0 Å². The first kappa shape index (κ1) is 9.96. The van der Waals surface area contributed by atoms with Crippen molar-refractivity contribution in [3.05, 3.63) is 42.5 Å². The fourth-order valence-corrected chi connectivity index (χ4v) is 0.884. The number of rotatable bonds is 1. The van der Waals surface area contributed by atoms with E-state index < -0.39 is 0 Å². The van der Waals surface area contributed by atoms with Crippen LogP contribution in [0.25, 0.3) is 6.08 Å². The molecule has 0 bridgehead atoms. The molecule has 0 aromatic heterocycles. The van der Waals surface area contributed by atoms with Gasteiger partial charge in [-0.2, -0.15) is 0 Å². The molecule has 0 N–H and O–H groups in total. The van der Waals surface area contributed by atoms with Gasteiger partial charge >= 0.3 is 0 Å². The lowest BCUT2D eigenvalue weighted by atomic mass is 10.2. The first-order valence-corrected chi connectivity index (χ1v) is 4.26. The first-order chi connectivity index (χ1) is 6.43. The van der Waals surface area contributed by atoms with E-state index in [9.17, 15) is 0 Å². The second-order valence-electron chi connectivity index (χ2n) is 2.55. The van der Waals surface area contributed by atoms with Crippen LogP contribution >= 0.6 is 0 Å². The van der Waals surface area contributed by atoms with E-state index in [1.165, 1.54) is 5.56 Å². The molecular weight excluding hydrogens is 164 g/mol. The smallest absolute Gasteiger partial charge is 0.146 e. The molecule has 0 atom stereocenters. The summed E-state index contributed by atoms with van der Waals surface area (Å²) in [6.07, 6.45) is 1.83. The van der Waals surface area contributed by atoms with E-state index in [2.05, 4.69) is 6.58 Å². The predicted octanol–water partition coefficient (Wildman–Crippen LogP) is 2.32. The third-order valence-corrected chi connectivity index (χ3v) is 1.57. The van der Waals surface area contributed by atoms with Crippen LogP contribution in [-0.2, 0) is 9.47 Å². The zero-order chi connectivity index (χ0) is 9.36. The molecule has 0 radical (unpaired) electrons. The van der Waals surface area contributed by atoms with Gasteiger partial charge in [-0.25, -0.2) is 0 Å². The topological polar surface area (TPSA) is 18.5 Å².